The molecule has 0 saturated heterocycles. The monoisotopic (exact) mass is 310 g/mol. The Balaban J connectivity index is 1.99. The first-order chi connectivity index (χ1) is 9.60. The average Bonchev–Trinajstić information content (AvgIpc) is 2.99. The molecule has 2 aromatic heterocycles. The Kier molecular flexibility index (Phi) is 5.14. The van der Waals surface area contributed by atoms with Gasteiger partial charge in [-0.2, -0.15) is 0 Å². The van der Waals surface area contributed by atoms with E-state index in [2.05, 4.69) is 34.7 Å². The van der Waals surface area contributed by atoms with Gasteiger partial charge in [0, 0.05) is 22.2 Å². The molecule has 2 heterocycles. The van der Waals surface area contributed by atoms with Crippen molar-refractivity contribution in [3.8, 4) is 0 Å². The van der Waals surface area contributed by atoms with Crippen molar-refractivity contribution in [3.63, 3.8) is 0 Å². The topological polar surface area (TPSA) is 51.2 Å². The van der Waals surface area contributed by atoms with Gasteiger partial charge in [0.1, 0.15) is 0 Å². The fourth-order valence-electron chi connectivity index (χ4n) is 1.84. The highest BCUT2D eigenvalue weighted by molar-refractivity contribution is 7.15. The molecule has 0 spiro atoms. The molecular weight excluding hydrogens is 292 g/mol. The zero-order valence-electron chi connectivity index (χ0n) is 11.8. The summed E-state index contributed by atoms with van der Waals surface area (Å²) in [5, 5.41) is 6.20. The van der Waals surface area contributed by atoms with Crippen molar-refractivity contribution in [1.29, 1.82) is 0 Å². The molecular formula is C14H18N2O2S2. The number of nitrogens with one attached hydrogen (secondary N) is 1. The molecule has 0 aromatic carbocycles. The van der Waals surface area contributed by atoms with Gasteiger partial charge in [-0.15, -0.1) is 22.7 Å². The van der Waals surface area contributed by atoms with Crippen LogP contribution < -0.4 is 5.32 Å². The van der Waals surface area contributed by atoms with Gasteiger partial charge >= 0.3 is 5.97 Å². The number of anilines is 1. The van der Waals surface area contributed by atoms with Gasteiger partial charge in [-0.3, -0.25) is 0 Å². The summed E-state index contributed by atoms with van der Waals surface area (Å²) in [6.45, 7) is 6.16. The first-order valence-electron chi connectivity index (χ1n) is 6.53. The van der Waals surface area contributed by atoms with Gasteiger partial charge in [0.2, 0.25) is 0 Å². The minimum Gasteiger partial charge on any atom is -0.461 e. The predicted octanol–water partition coefficient (Wildman–Crippen LogP) is 3.73. The molecule has 108 valence electrons. The minimum absolute atomic E-state index is 0.272. The van der Waals surface area contributed by atoms with Crippen molar-refractivity contribution in [2.24, 2.45) is 0 Å². The van der Waals surface area contributed by atoms with E-state index in [-0.39, 0.29) is 12.0 Å². The number of aryl methyl sites for hydroxylation is 1. The first kappa shape index (κ1) is 15.0. The summed E-state index contributed by atoms with van der Waals surface area (Å²) in [5.41, 5.74) is 0.419. The Morgan fingerprint density at radius 2 is 2.35 bits per heavy atom. The second-order valence-corrected chi connectivity index (χ2v) is 6.71. The number of nitrogens with zero attached hydrogens (tertiary/aromatic N) is 1. The lowest BCUT2D eigenvalue weighted by molar-refractivity contribution is 0.0519. The summed E-state index contributed by atoms with van der Waals surface area (Å²) >= 11 is 3.24. The van der Waals surface area contributed by atoms with Crippen molar-refractivity contribution in [2.45, 2.75) is 33.2 Å². The molecule has 0 saturated carbocycles. The third-order valence-electron chi connectivity index (χ3n) is 2.72. The molecule has 20 heavy (non-hydrogen) atoms. The summed E-state index contributed by atoms with van der Waals surface area (Å²) in [4.78, 5) is 18.3. The summed E-state index contributed by atoms with van der Waals surface area (Å²) in [7, 11) is 0. The molecule has 1 unspecified atom stereocenters. The second-order valence-electron chi connectivity index (χ2n) is 4.47. The number of carbonyl (C=O) groups excluding carboxylic acids is 1. The molecule has 0 amide bonds. The number of ether oxygens (including phenoxy) is 1. The van der Waals surface area contributed by atoms with E-state index in [0.29, 0.717) is 12.3 Å². The van der Waals surface area contributed by atoms with Gasteiger partial charge in [-0.05, 0) is 32.2 Å². The molecule has 0 bridgehead atoms. The smallest absolute Gasteiger partial charge is 0.358 e. The number of thiazole rings is 1. The maximum absolute atomic E-state index is 11.7. The fourth-order valence-corrected chi connectivity index (χ4v) is 3.59. The molecule has 2 aromatic rings. The number of hydrogen-bond acceptors (Lipinski definition) is 6. The Hall–Kier alpha value is -1.40. The molecule has 0 aliphatic carbocycles. The van der Waals surface area contributed by atoms with Crippen molar-refractivity contribution in [2.75, 3.05) is 11.9 Å². The van der Waals surface area contributed by atoms with Gasteiger partial charge in [-0.25, -0.2) is 9.78 Å². The predicted molar refractivity (Wildman–Crippen MR) is 83.9 cm³/mol. The van der Waals surface area contributed by atoms with Crippen LogP contribution in [0.2, 0.25) is 0 Å². The molecule has 6 heteroatoms. The number of rotatable bonds is 6. The van der Waals surface area contributed by atoms with Crippen molar-refractivity contribution >= 4 is 33.8 Å². The maximum Gasteiger partial charge on any atom is 0.358 e. The fraction of sp³-hybridized carbons (Fsp3) is 0.429. The van der Waals surface area contributed by atoms with E-state index < -0.39 is 0 Å². The van der Waals surface area contributed by atoms with E-state index in [1.54, 1.807) is 18.3 Å². The molecule has 0 radical (unpaired) electrons. The lowest BCUT2D eigenvalue weighted by Crippen LogP contribution is -2.17. The summed E-state index contributed by atoms with van der Waals surface area (Å²) < 4.78 is 4.99. The Morgan fingerprint density at radius 1 is 1.55 bits per heavy atom. The lowest BCUT2D eigenvalue weighted by Gasteiger charge is -2.11. The van der Waals surface area contributed by atoms with Crippen molar-refractivity contribution < 1.29 is 9.53 Å². The standard InChI is InChI=1S/C14H18N2O2S2/c1-4-18-13(17)12-10(3)20-14(16-12)15-9(2)8-11-6-5-7-19-11/h5-7,9H,4,8H2,1-3H3,(H,15,16). The largest absolute Gasteiger partial charge is 0.461 e. The highest BCUT2D eigenvalue weighted by atomic mass is 32.1. The average molecular weight is 310 g/mol. The van der Waals surface area contributed by atoms with Crippen LogP contribution in [0.4, 0.5) is 5.13 Å². The van der Waals surface area contributed by atoms with Crippen LogP contribution in [0, 0.1) is 6.92 Å². The zero-order chi connectivity index (χ0) is 14.5. The van der Waals surface area contributed by atoms with E-state index in [0.717, 1.165) is 16.4 Å². The molecule has 0 aliphatic rings. The van der Waals surface area contributed by atoms with Crippen LogP contribution in [0.5, 0.6) is 0 Å². The number of thiophene rings is 1. The molecule has 2 rings (SSSR count). The van der Waals surface area contributed by atoms with Crippen LogP contribution in [-0.2, 0) is 11.2 Å². The van der Waals surface area contributed by atoms with E-state index in [4.69, 9.17) is 4.74 Å². The van der Waals surface area contributed by atoms with Crippen LogP contribution in [0.1, 0.15) is 34.1 Å². The van der Waals surface area contributed by atoms with Gasteiger partial charge in [0.15, 0.2) is 10.8 Å². The number of hydrogen-bond donors (Lipinski definition) is 1. The Labute approximate surface area is 126 Å². The van der Waals surface area contributed by atoms with Crippen molar-refractivity contribution in [3.05, 3.63) is 33.0 Å². The van der Waals surface area contributed by atoms with Crippen molar-refractivity contribution in [1.82, 2.24) is 4.98 Å². The molecule has 0 aliphatic heterocycles. The maximum atomic E-state index is 11.7. The number of aromatic nitrogens is 1. The Bertz CT molecular complexity index is 564. The van der Waals surface area contributed by atoms with E-state index in [1.165, 1.54) is 16.2 Å². The minimum atomic E-state index is -0.347. The SMILES string of the molecule is CCOC(=O)c1nc(NC(C)Cc2cccs2)sc1C. The molecule has 1 atom stereocenters. The van der Waals surface area contributed by atoms with Crippen LogP contribution in [0.3, 0.4) is 0 Å². The highest BCUT2D eigenvalue weighted by Gasteiger charge is 2.17. The second kappa shape index (κ2) is 6.85. The van der Waals surface area contributed by atoms with E-state index >= 15 is 0 Å². The third kappa shape index (κ3) is 3.80. The van der Waals surface area contributed by atoms with Crippen LogP contribution in [0.15, 0.2) is 17.5 Å². The van der Waals surface area contributed by atoms with Crippen LogP contribution in [0.25, 0.3) is 0 Å². The molecule has 4 nitrogen and oxygen atoms in total. The third-order valence-corrected chi connectivity index (χ3v) is 4.52. The zero-order valence-corrected chi connectivity index (χ0v) is 13.4. The summed E-state index contributed by atoms with van der Waals surface area (Å²) in [5.74, 6) is -0.347. The first-order valence-corrected chi connectivity index (χ1v) is 8.23. The van der Waals surface area contributed by atoms with Gasteiger partial charge in [0.25, 0.3) is 0 Å². The van der Waals surface area contributed by atoms with Crippen LogP contribution in [-0.4, -0.2) is 23.6 Å². The summed E-state index contributed by atoms with van der Waals surface area (Å²) in [6, 6.07) is 4.45. The van der Waals surface area contributed by atoms with Gasteiger partial charge in [-0.1, -0.05) is 6.07 Å². The molecule has 0 fully saturated rings. The normalized spacial score (nSPS) is 12.2. The van der Waals surface area contributed by atoms with E-state index in [9.17, 15) is 4.79 Å². The Morgan fingerprint density at radius 3 is 3.00 bits per heavy atom. The lowest BCUT2D eigenvalue weighted by atomic mass is 10.2. The van der Waals surface area contributed by atoms with Gasteiger partial charge < -0.3 is 10.1 Å². The number of esters is 1. The molecule has 1 N–H and O–H groups in total. The van der Waals surface area contributed by atoms with Gasteiger partial charge in [0.05, 0.1) is 6.61 Å². The number of carbonyl (C=O) groups is 1. The van der Waals surface area contributed by atoms with Crippen LogP contribution >= 0.6 is 22.7 Å². The quantitative estimate of drug-likeness (QED) is 0.826. The summed E-state index contributed by atoms with van der Waals surface area (Å²) in [6.07, 6.45) is 0.949. The highest BCUT2D eigenvalue weighted by Crippen LogP contribution is 2.24. The van der Waals surface area contributed by atoms with E-state index in [1.807, 2.05) is 6.92 Å².